The zero-order valence-corrected chi connectivity index (χ0v) is 12.1. The first-order chi connectivity index (χ1) is 8.29. The lowest BCUT2D eigenvalue weighted by molar-refractivity contribution is -0.120. The largest absolute Gasteiger partial charge is 0.326 e. The van der Waals surface area contributed by atoms with Crippen molar-refractivity contribution in [1.82, 2.24) is 5.32 Å². The molecule has 0 aromatic heterocycles. The van der Waals surface area contributed by atoms with Gasteiger partial charge in [0.05, 0.1) is 5.92 Å². The molecule has 3 nitrogen and oxygen atoms in total. The summed E-state index contributed by atoms with van der Waals surface area (Å²) in [6, 6.07) is 7.97. The first-order valence-electron chi connectivity index (χ1n) is 5.95. The minimum absolute atomic E-state index is 0. The Balaban J connectivity index is 0.00000162. The van der Waals surface area contributed by atoms with Crippen molar-refractivity contribution in [3.8, 4) is 0 Å². The number of hydrogen-bond donors (Lipinski definition) is 2. The minimum atomic E-state index is 0. The molecule has 2 N–H and O–H groups in total. The summed E-state index contributed by atoms with van der Waals surface area (Å²) in [5.41, 5.74) is 0.896. The first-order valence-corrected chi connectivity index (χ1v) is 7.17. The van der Waals surface area contributed by atoms with E-state index in [4.69, 9.17) is 0 Å². The van der Waals surface area contributed by atoms with Gasteiger partial charge in [-0.2, -0.15) is 0 Å². The van der Waals surface area contributed by atoms with Crippen LogP contribution >= 0.6 is 24.2 Å². The van der Waals surface area contributed by atoms with Gasteiger partial charge in [-0.3, -0.25) is 4.79 Å². The zero-order chi connectivity index (χ0) is 12.1. The smallest absolute Gasteiger partial charge is 0.228 e. The number of carbonyl (C=O) groups is 1. The van der Waals surface area contributed by atoms with Gasteiger partial charge in [0.2, 0.25) is 5.91 Å². The SMILES string of the molecule is CSc1cccc(NC(=O)[C@@H]2CCCNC2)c1.Cl. The molecular formula is C13H19ClN2OS. The Hall–Kier alpha value is -0.710. The summed E-state index contributed by atoms with van der Waals surface area (Å²) in [6.07, 6.45) is 4.11. The molecule has 0 saturated carbocycles. The van der Waals surface area contributed by atoms with Crippen molar-refractivity contribution in [2.75, 3.05) is 24.7 Å². The molecule has 1 heterocycles. The highest BCUT2D eigenvalue weighted by Crippen LogP contribution is 2.20. The summed E-state index contributed by atoms with van der Waals surface area (Å²) in [4.78, 5) is 13.2. The Labute approximate surface area is 119 Å². The molecule has 0 aliphatic carbocycles. The van der Waals surface area contributed by atoms with E-state index < -0.39 is 0 Å². The summed E-state index contributed by atoms with van der Waals surface area (Å²) in [5.74, 6) is 0.247. The number of piperidine rings is 1. The number of benzene rings is 1. The fraction of sp³-hybridized carbons (Fsp3) is 0.462. The van der Waals surface area contributed by atoms with Gasteiger partial charge in [0.1, 0.15) is 0 Å². The first kappa shape index (κ1) is 15.3. The van der Waals surface area contributed by atoms with E-state index in [1.165, 1.54) is 4.90 Å². The van der Waals surface area contributed by atoms with Crippen LogP contribution in [0.3, 0.4) is 0 Å². The second kappa shape index (κ2) is 7.67. The molecule has 0 unspecified atom stereocenters. The Morgan fingerprint density at radius 2 is 2.33 bits per heavy atom. The van der Waals surface area contributed by atoms with Crippen molar-refractivity contribution in [2.24, 2.45) is 5.92 Å². The topological polar surface area (TPSA) is 41.1 Å². The number of thioether (sulfide) groups is 1. The molecule has 1 aliphatic rings. The second-order valence-electron chi connectivity index (χ2n) is 4.26. The van der Waals surface area contributed by atoms with Gasteiger partial charge in [0.25, 0.3) is 0 Å². The van der Waals surface area contributed by atoms with E-state index in [1.807, 2.05) is 30.5 Å². The van der Waals surface area contributed by atoms with Crippen LogP contribution in [0.5, 0.6) is 0 Å². The van der Waals surface area contributed by atoms with Gasteiger partial charge in [-0.25, -0.2) is 0 Å². The third-order valence-corrected chi connectivity index (χ3v) is 3.73. The molecule has 1 fully saturated rings. The van der Waals surface area contributed by atoms with Crippen LogP contribution in [0.4, 0.5) is 5.69 Å². The van der Waals surface area contributed by atoms with Crippen molar-refractivity contribution in [3.05, 3.63) is 24.3 Å². The van der Waals surface area contributed by atoms with Crippen molar-refractivity contribution in [3.63, 3.8) is 0 Å². The molecular weight excluding hydrogens is 268 g/mol. The van der Waals surface area contributed by atoms with Gasteiger partial charge in [-0.15, -0.1) is 24.2 Å². The van der Waals surface area contributed by atoms with Crippen molar-refractivity contribution < 1.29 is 4.79 Å². The van der Waals surface area contributed by atoms with Gasteiger partial charge in [-0.1, -0.05) is 6.07 Å². The molecule has 1 atom stereocenters. The maximum absolute atomic E-state index is 12.0. The van der Waals surface area contributed by atoms with Crippen LogP contribution in [0, 0.1) is 5.92 Å². The summed E-state index contributed by atoms with van der Waals surface area (Å²) >= 11 is 1.68. The standard InChI is InChI=1S/C13H18N2OS.ClH/c1-17-12-6-2-5-11(8-12)15-13(16)10-4-3-7-14-9-10;/h2,5-6,8,10,14H,3-4,7,9H2,1H3,(H,15,16);1H/t10-;/m1./s1. The predicted octanol–water partition coefficient (Wildman–Crippen LogP) is 2.77. The van der Waals surface area contributed by atoms with Crippen LogP contribution in [-0.4, -0.2) is 25.3 Å². The molecule has 1 aliphatic heterocycles. The normalized spacial score (nSPS) is 18.8. The lowest BCUT2D eigenvalue weighted by atomic mass is 9.99. The van der Waals surface area contributed by atoms with Gasteiger partial charge in [0, 0.05) is 17.1 Å². The molecule has 0 radical (unpaired) electrons. The fourth-order valence-electron chi connectivity index (χ4n) is 2.02. The van der Waals surface area contributed by atoms with Crippen LogP contribution in [-0.2, 0) is 4.79 Å². The van der Waals surface area contributed by atoms with E-state index in [1.54, 1.807) is 11.8 Å². The summed E-state index contributed by atoms with van der Waals surface area (Å²) in [5, 5.41) is 6.25. The average molecular weight is 287 g/mol. The molecule has 18 heavy (non-hydrogen) atoms. The number of carbonyl (C=O) groups excluding carboxylic acids is 1. The van der Waals surface area contributed by atoms with E-state index in [2.05, 4.69) is 10.6 Å². The predicted molar refractivity (Wildman–Crippen MR) is 79.7 cm³/mol. The maximum atomic E-state index is 12.0. The van der Waals surface area contributed by atoms with Crippen LogP contribution < -0.4 is 10.6 Å². The number of halogens is 1. The van der Waals surface area contributed by atoms with Crippen LogP contribution in [0.15, 0.2) is 29.2 Å². The lowest BCUT2D eigenvalue weighted by Crippen LogP contribution is -2.37. The molecule has 0 spiro atoms. The Bertz CT molecular complexity index is 394. The van der Waals surface area contributed by atoms with Crippen molar-refractivity contribution in [1.29, 1.82) is 0 Å². The highest BCUT2D eigenvalue weighted by Gasteiger charge is 2.20. The van der Waals surface area contributed by atoms with Crippen LogP contribution in [0.25, 0.3) is 0 Å². The van der Waals surface area contributed by atoms with E-state index in [9.17, 15) is 4.79 Å². The number of anilines is 1. The molecule has 100 valence electrons. The number of amides is 1. The van der Waals surface area contributed by atoms with Crippen LogP contribution in [0.1, 0.15) is 12.8 Å². The van der Waals surface area contributed by atoms with Crippen LogP contribution in [0.2, 0.25) is 0 Å². The van der Waals surface area contributed by atoms with Gasteiger partial charge in [-0.05, 0) is 43.8 Å². The zero-order valence-electron chi connectivity index (χ0n) is 10.4. The third kappa shape index (κ3) is 4.19. The monoisotopic (exact) mass is 286 g/mol. The quantitative estimate of drug-likeness (QED) is 0.840. The van der Waals surface area contributed by atoms with E-state index in [-0.39, 0.29) is 24.2 Å². The van der Waals surface area contributed by atoms with E-state index in [0.29, 0.717) is 0 Å². The fourth-order valence-corrected chi connectivity index (χ4v) is 2.48. The Morgan fingerprint density at radius 3 is 3.00 bits per heavy atom. The Kier molecular flexibility index (Phi) is 6.54. The molecule has 1 aromatic rings. The molecule has 0 bridgehead atoms. The molecule has 1 amide bonds. The highest BCUT2D eigenvalue weighted by atomic mass is 35.5. The number of hydrogen-bond acceptors (Lipinski definition) is 3. The average Bonchev–Trinajstić information content (AvgIpc) is 2.40. The van der Waals surface area contributed by atoms with Gasteiger partial charge >= 0.3 is 0 Å². The lowest BCUT2D eigenvalue weighted by Gasteiger charge is -2.21. The second-order valence-corrected chi connectivity index (χ2v) is 5.14. The third-order valence-electron chi connectivity index (χ3n) is 3.00. The summed E-state index contributed by atoms with van der Waals surface area (Å²) in [6.45, 7) is 1.83. The van der Waals surface area contributed by atoms with Gasteiger partial charge < -0.3 is 10.6 Å². The summed E-state index contributed by atoms with van der Waals surface area (Å²) < 4.78 is 0. The van der Waals surface area contributed by atoms with Crippen molar-refractivity contribution >= 4 is 35.8 Å². The Morgan fingerprint density at radius 1 is 1.50 bits per heavy atom. The van der Waals surface area contributed by atoms with Crippen molar-refractivity contribution in [2.45, 2.75) is 17.7 Å². The number of rotatable bonds is 3. The number of nitrogens with one attached hydrogen (secondary N) is 2. The molecule has 5 heteroatoms. The van der Waals surface area contributed by atoms with Gasteiger partial charge in [0.15, 0.2) is 0 Å². The molecule has 2 rings (SSSR count). The maximum Gasteiger partial charge on any atom is 0.228 e. The summed E-state index contributed by atoms with van der Waals surface area (Å²) in [7, 11) is 0. The highest BCUT2D eigenvalue weighted by molar-refractivity contribution is 7.98. The van der Waals surface area contributed by atoms with E-state index in [0.717, 1.165) is 31.6 Å². The van der Waals surface area contributed by atoms with E-state index >= 15 is 0 Å². The molecule has 1 aromatic carbocycles. The minimum Gasteiger partial charge on any atom is -0.326 e. The molecule has 1 saturated heterocycles.